The van der Waals surface area contributed by atoms with Crippen molar-refractivity contribution in [2.75, 3.05) is 20.8 Å². The SMILES string of the molecule is COC[C@@]1(C(N)=S)[C@H](S(=O)(=O)c2ccccc2)[C@@H]1c1ccc(OC)cc1. The van der Waals surface area contributed by atoms with Crippen molar-refractivity contribution in [3.63, 3.8) is 0 Å². The first-order valence-corrected chi connectivity index (χ1v) is 10.1. The number of benzene rings is 2. The van der Waals surface area contributed by atoms with Crippen LogP contribution in [0.25, 0.3) is 0 Å². The summed E-state index contributed by atoms with van der Waals surface area (Å²) in [6.07, 6.45) is 0. The number of nitrogens with two attached hydrogens (primary N) is 1. The molecule has 0 amide bonds. The molecule has 0 unspecified atom stereocenters. The first kappa shape index (κ1) is 18.8. The highest BCUT2D eigenvalue weighted by Crippen LogP contribution is 2.64. The second kappa shape index (κ2) is 6.98. The van der Waals surface area contributed by atoms with Crippen LogP contribution in [0.2, 0.25) is 0 Å². The number of hydrogen-bond donors (Lipinski definition) is 1. The van der Waals surface area contributed by atoms with Crippen LogP contribution in [0.15, 0.2) is 59.5 Å². The van der Waals surface area contributed by atoms with Crippen LogP contribution in [0.5, 0.6) is 5.75 Å². The van der Waals surface area contributed by atoms with E-state index in [1.807, 2.05) is 12.1 Å². The molecule has 0 radical (unpaired) electrons. The first-order chi connectivity index (χ1) is 12.4. The lowest BCUT2D eigenvalue weighted by molar-refractivity contribution is 0.166. The fraction of sp³-hybridized carbons (Fsp3) is 0.316. The Morgan fingerprint density at radius 2 is 1.73 bits per heavy atom. The molecule has 1 fully saturated rings. The van der Waals surface area contributed by atoms with Crippen molar-refractivity contribution < 1.29 is 17.9 Å². The standard InChI is InChI=1S/C19H21NO4S2/c1-23-12-19(18(20)25)16(13-8-10-14(24-2)11-9-13)17(19)26(21,22)15-6-4-3-5-7-15/h3-11,16-17H,12H2,1-2H3,(H2,20,25)/t16-,17+,19-/m0/s1. The lowest BCUT2D eigenvalue weighted by Crippen LogP contribution is -2.33. The fourth-order valence-electron chi connectivity index (χ4n) is 3.68. The molecule has 138 valence electrons. The van der Waals surface area contributed by atoms with Crippen molar-refractivity contribution in [1.82, 2.24) is 0 Å². The van der Waals surface area contributed by atoms with Crippen molar-refractivity contribution in [2.24, 2.45) is 11.1 Å². The highest BCUT2D eigenvalue weighted by molar-refractivity contribution is 7.92. The summed E-state index contributed by atoms with van der Waals surface area (Å²) in [5.41, 5.74) is 5.95. The Bertz CT molecular complexity index is 897. The molecule has 1 aliphatic carbocycles. The van der Waals surface area contributed by atoms with Crippen LogP contribution >= 0.6 is 12.2 Å². The molecule has 0 heterocycles. The molecular formula is C19H21NO4S2. The van der Waals surface area contributed by atoms with Crippen molar-refractivity contribution >= 4 is 27.0 Å². The van der Waals surface area contributed by atoms with Gasteiger partial charge in [-0.3, -0.25) is 0 Å². The maximum absolute atomic E-state index is 13.3. The van der Waals surface area contributed by atoms with Crippen LogP contribution < -0.4 is 10.5 Å². The molecule has 1 aliphatic rings. The molecule has 0 aliphatic heterocycles. The monoisotopic (exact) mass is 391 g/mol. The van der Waals surface area contributed by atoms with E-state index < -0.39 is 20.5 Å². The minimum absolute atomic E-state index is 0.149. The predicted molar refractivity (Wildman–Crippen MR) is 104 cm³/mol. The third-order valence-corrected chi connectivity index (χ3v) is 7.65. The Hall–Kier alpha value is -1.96. The number of thiocarbonyl (C=S) groups is 1. The molecule has 26 heavy (non-hydrogen) atoms. The molecule has 0 spiro atoms. The molecular weight excluding hydrogens is 370 g/mol. The average Bonchev–Trinajstić information content (AvgIpc) is 3.34. The fourth-order valence-corrected chi connectivity index (χ4v) is 6.47. The number of hydrogen-bond acceptors (Lipinski definition) is 5. The summed E-state index contributed by atoms with van der Waals surface area (Å²) in [7, 11) is -0.527. The van der Waals surface area contributed by atoms with Crippen molar-refractivity contribution in [3.8, 4) is 5.75 Å². The minimum atomic E-state index is -3.63. The third kappa shape index (κ3) is 2.90. The van der Waals surface area contributed by atoms with E-state index >= 15 is 0 Å². The van der Waals surface area contributed by atoms with Gasteiger partial charge in [-0.1, -0.05) is 42.5 Å². The van der Waals surface area contributed by atoms with Gasteiger partial charge in [-0.25, -0.2) is 8.42 Å². The van der Waals surface area contributed by atoms with Crippen LogP contribution in [0.4, 0.5) is 0 Å². The molecule has 1 saturated carbocycles. The largest absolute Gasteiger partial charge is 0.497 e. The Balaban J connectivity index is 2.09. The third-order valence-electron chi connectivity index (χ3n) is 4.98. The normalized spacial score (nSPS) is 24.8. The lowest BCUT2D eigenvalue weighted by Gasteiger charge is -2.16. The minimum Gasteiger partial charge on any atom is -0.497 e. The highest BCUT2D eigenvalue weighted by Gasteiger charge is 2.73. The Labute approximate surface area is 159 Å². The van der Waals surface area contributed by atoms with E-state index in [4.69, 9.17) is 27.4 Å². The molecule has 0 saturated heterocycles. The zero-order valence-corrected chi connectivity index (χ0v) is 16.2. The van der Waals surface area contributed by atoms with E-state index in [2.05, 4.69) is 0 Å². The summed E-state index contributed by atoms with van der Waals surface area (Å²) in [6.45, 7) is 0.149. The van der Waals surface area contributed by atoms with Gasteiger partial charge >= 0.3 is 0 Å². The van der Waals surface area contributed by atoms with Gasteiger partial charge in [-0.05, 0) is 29.8 Å². The van der Waals surface area contributed by atoms with Crippen LogP contribution in [-0.4, -0.2) is 39.5 Å². The maximum atomic E-state index is 13.3. The topological polar surface area (TPSA) is 78.6 Å². The summed E-state index contributed by atoms with van der Waals surface area (Å²) in [4.78, 5) is 0.419. The highest BCUT2D eigenvalue weighted by atomic mass is 32.2. The van der Waals surface area contributed by atoms with Crippen molar-refractivity contribution in [1.29, 1.82) is 0 Å². The second-order valence-corrected chi connectivity index (χ2v) is 8.88. The van der Waals surface area contributed by atoms with Gasteiger partial charge < -0.3 is 15.2 Å². The first-order valence-electron chi connectivity index (χ1n) is 8.11. The molecule has 3 rings (SSSR count). The predicted octanol–water partition coefficient (Wildman–Crippen LogP) is 2.55. The van der Waals surface area contributed by atoms with Crippen molar-refractivity contribution in [3.05, 3.63) is 60.2 Å². The van der Waals surface area contributed by atoms with Gasteiger partial charge in [0.15, 0.2) is 9.84 Å². The van der Waals surface area contributed by atoms with Gasteiger partial charge in [0.2, 0.25) is 0 Å². The van der Waals surface area contributed by atoms with Crippen LogP contribution in [0, 0.1) is 5.41 Å². The van der Waals surface area contributed by atoms with Gasteiger partial charge in [-0.15, -0.1) is 0 Å². The summed E-state index contributed by atoms with van der Waals surface area (Å²) < 4.78 is 37.1. The second-order valence-electron chi connectivity index (χ2n) is 6.37. The number of sulfone groups is 1. The molecule has 7 heteroatoms. The summed E-state index contributed by atoms with van der Waals surface area (Å²) in [5.74, 6) is 0.334. The number of rotatable bonds is 7. The summed E-state index contributed by atoms with van der Waals surface area (Å²) in [6, 6.07) is 15.7. The van der Waals surface area contributed by atoms with E-state index in [1.54, 1.807) is 49.6 Å². The quantitative estimate of drug-likeness (QED) is 0.731. The molecule has 2 aromatic rings. The zero-order chi connectivity index (χ0) is 18.9. The average molecular weight is 392 g/mol. The molecule has 2 aromatic carbocycles. The van der Waals surface area contributed by atoms with Gasteiger partial charge in [0, 0.05) is 13.0 Å². The van der Waals surface area contributed by atoms with Crippen LogP contribution in [-0.2, 0) is 14.6 Å². The maximum Gasteiger partial charge on any atom is 0.182 e. The van der Waals surface area contributed by atoms with Gasteiger partial charge in [0.25, 0.3) is 0 Å². The van der Waals surface area contributed by atoms with E-state index in [1.165, 1.54) is 7.11 Å². The van der Waals surface area contributed by atoms with E-state index in [-0.39, 0.29) is 22.4 Å². The molecule has 3 atom stereocenters. The molecule has 0 aromatic heterocycles. The van der Waals surface area contributed by atoms with Crippen LogP contribution in [0.3, 0.4) is 0 Å². The van der Waals surface area contributed by atoms with Gasteiger partial charge in [0.05, 0.1) is 34.3 Å². The van der Waals surface area contributed by atoms with E-state index in [0.717, 1.165) is 5.56 Å². The molecule has 5 nitrogen and oxygen atoms in total. The smallest absolute Gasteiger partial charge is 0.182 e. The number of methoxy groups -OCH3 is 2. The summed E-state index contributed by atoms with van der Waals surface area (Å²) in [5, 5.41) is -0.761. The Morgan fingerprint density at radius 1 is 1.12 bits per heavy atom. The van der Waals surface area contributed by atoms with Gasteiger partial charge in [-0.2, -0.15) is 0 Å². The van der Waals surface area contributed by atoms with E-state index in [0.29, 0.717) is 5.75 Å². The van der Waals surface area contributed by atoms with E-state index in [9.17, 15) is 8.42 Å². The molecule has 2 N–H and O–H groups in total. The van der Waals surface area contributed by atoms with Crippen LogP contribution in [0.1, 0.15) is 11.5 Å². The van der Waals surface area contributed by atoms with Gasteiger partial charge in [0.1, 0.15) is 5.75 Å². The lowest BCUT2D eigenvalue weighted by atomic mass is 10.00. The molecule has 0 bridgehead atoms. The zero-order valence-electron chi connectivity index (χ0n) is 14.6. The Kier molecular flexibility index (Phi) is 5.05. The Morgan fingerprint density at radius 3 is 2.23 bits per heavy atom. The number of ether oxygens (including phenoxy) is 2. The van der Waals surface area contributed by atoms with Crippen molar-refractivity contribution in [2.45, 2.75) is 16.1 Å². The summed E-state index contributed by atoms with van der Waals surface area (Å²) >= 11 is 5.29.